The standard InChI is InChI=1S/C11H11ClF3NO4S/c1-7-2-3-9(8(12)4-7)21(19,20)16(5-10(17)18)6-11(13,14)15/h2-4H,5-6H2,1H3,(H,17,18). The maximum absolute atomic E-state index is 12.4. The Balaban J connectivity index is 3.29. The predicted molar refractivity (Wildman–Crippen MR) is 68.6 cm³/mol. The first-order valence-electron chi connectivity index (χ1n) is 5.48. The fraction of sp³-hybridized carbons (Fsp3) is 0.364. The van der Waals surface area contributed by atoms with E-state index in [0.717, 1.165) is 6.07 Å². The van der Waals surface area contributed by atoms with Crippen molar-refractivity contribution in [3.05, 3.63) is 28.8 Å². The van der Waals surface area contributed by atoms with Crippen molar-refractivity contribution in [2.75, 3.05) is 13.1 Å². The van der Waals surface area contributed by atoms with E-state index in [1.807, 2.05) is 0 Å². The first-order chi connectivity index (χ1) is 9.43. The molecule has 0 spiro atoms. The molecule has 0 saturated heterocycles. The van der Waals surface area contributed by atoms with E-state index in [4.69, 9.17) is 16.7 Å². The van der Waals surface area contributed by atoms with Crippen LogP contribution in [0.2, 0.25) is 5.02 Å². The molecule has 0 aliphatic rings. The van der Waals surface area contributed by atoms with Gasteiger partial charge >= 0.3 is 12.1 Å². The van der Waals surface area contributed by atoms with E-state index in [-0.39, 0.29) is 9.33 Å². The number of carboxylic acid groups (broad SMARTS) is 1. The second-order valence-electron chi connectivity index (χ2n) is 4.22. The SMILES string of the molecule is Cc1ccc(S(=O)(=O)N(CC(=O)O)CC(F)(F)F)c(Cl)c1. The molecule has 10 heteroatoms. The highest BCUT2D eigenvalue weighted by molar-refractivity contribution is 7.89. The van der Waals surface area contributed by atoms with Gasteiger partial charge in [0.15, 0.2) is 0 Å². The van der Waals surface area contributed by atoms with Gasteiger partial charge in [0.2, 0.25) is 10.0 Å². The van der Waals surface area contributed by atoms with Crippen LogP contribution < -0.4 is 0 Å². The van der Waals surface area contributed by atoms with Crippen LogP contribution in [0, 0.1) is 6.92 Å². The molecule has 0 aromatic heterocycles. The largest absolute Gasteiger partial charge is 0.480 e. The van der Waals surface area contributed by atoms with E-state index in [2.05, 4.69) is 0 Å². The summed E-state index contributed by atoms with van der Waals surface area (Å²) >= 11 is 5.73. The third-order valence-corrected chi connectivity index (χ3v) is 4.65. The lowest BCUT2D eigenvalue weighted by molar-refractivity contribution is -0.146. The highest BCUT2D eigenvalue weighted by Gasteiger charge is 2.38. The molecule has 5 nitrogen and oxygen atoms in total. The van der Waals surface area contributed by atoms with Crippen molar-refractivity contribution < 1.29 is 31.5 Å². The Kier molecular flexibility index (Phi) is 5.24. The zero-order valence-electron chi connectivity index (χ0n) is 10.7. The smallest absolute Gasteiger partial charge is 0.402 e. The van der Waals surface area contributed by atoms with Crippen LogP contribution in [0.3, 0.4) is 0 Å². The Morgan fingerprint density at radius 2 is 1.95 bits per heavy atom. The minimum Gasteiger partial charge on any atom is -0.480 e. The number of carboxylic acids is 1. The quantitative estimate of drug-likeness (QED) is 0.888. The molecular formula is C11H11ClF3NO4S. The number of rotatable bonds is 5. The Morgan fingerprint density at radius 3 is 2.38 bits per heavy atom. The van der Waals surface area contributed by atoms with Crippen molar-refractivity contribution in [3.8, 4) is 0 Å². The fourth-order valence-electron chi connectivity index (χ4n) is 1.53. The lowest BCUT2D eigenvalue weighted by Gasteiger charge is -2.22. The molecule has 0 unspecified atom stereocenters. The predicted octanol–water partition coefficient (Wildman–Crippen LogP) is 2.29. The van der Waals surface area contributed by atoms with E-state index in [1.54, 1.807) is 6.92 Å². The first-order valence-corrected chi connectivity index (χ1v) is 7.30. The second kappa shape index (κ2) is 6.20. The van der Waals surface area contributed by atoms with E-state index >= 15 is 0 Å². The minimum atomic E-state index is -4.88. The van der Waals surface area contributed by atoms with Crippen molar-refractivity contribution in [2.24, 2.45) is 0 Å². The van der Waals surface area contributed by atoms with Gasteiger partial charge in [-0.3, -0.25) is 4.79 Å². The molecule has 0 aliphatic carbocycles. The Hall–Kier alpha value is -1.32. The number of hydrogen-bond acceptors (Lipinski definition) is 3. The molecule has 118 valence electrons. The maximum atomic E-state index is 12.4. The van der Waals surface area contributed by atoms with Gasteiger partial charge in [-0.2, -0.15) is 17.5 Å². The van der Waals surface area contributed by atoms with Gasteiger partial charge in [0.1, 0.15) is 18.0 Å². The van der Waals surface area contributed by atoms with Gasteiger partial charge in [-0.15, -0.1) is 0 Å². The van der Waals surface area contributed by atoms with Crippen molar-refractivity contribution in [1.82, 2.24) is 4.31 Å². The third kappa shape index (κ3) is 4.87. The summed E-state index contributed by atoms with van der Waals surface area (Å²) in [6.07, 6.45) is -4.88. The van der Waals surface area contributed by atoms with Gasteiger partial charge in [0, 0.05) is 0 Å². The molecule has 1 N–H and O–H groups in total. The van der Waals surface area contributed by atoms with Crippen LogP contribution in [0.5, 0.6) is 0 Å². The summed E-state index contributed by atoms with van der Waals surface area (Å²) in [4.78, 5) is 10.0. The minimum absolute atomic E-state index is 0.175. The highest BCUT2D eigenvalue weighted by Crippen LogP contribution is 2.28. The van der Waals surface area contributed by atoms with E-state index in [9.17, 15) is 26.4 Å². The number of halogens is 4. The van der Waals surface area contributed by atoms with Crippen LogP contribution in [0.1, 0.15) is 5.56 Å². The van der Waals surface area contributed by atoms with Crippen LogP contribution in [0.25, 0.3) is 0 Å². The summed E-state index contributed by atoms with van der Waals surface area (Å²) in [5.41, 5.74) is 0.611. The maximum Gasteiger partial charge on any atom is 0.402 e. The molecule has 1 rings (SSSR count). The second-order valence-corrected chi connectivity index (χ2v) is 6.53. The topological polar surface area (TPSA) is 74.7 Å². The summed E-state index contributed by atoms with van der Waals surface area (Å²) in [5.74, 6) is -1.70. The molecule has 0 fully saturated rings. The summed E-state index contributed by atoms with van der Waals surface area (Å²) in [7, 11) is -4.68. The van der Waals surface area contributed by atoms with Crippen LogP contribution in [-0.2, 0) is 14.8 Å². The van der Waals surface area contributed by atoms with Crippen molar-refractivity contribution in [2.45, 2.75) is 18.0 Å². The Bertz CT molecular complexity index is 645. The van der Waals surface area contributed by atoms with E-state index in [0.29, 0.717) is 5.56 Å². The van der Waals surface area contributed by atoms with E-state index < -0.39 is 40.2 Å². The van der Waals surface area contributed by atoms with Crippen molar-refractivity contribution in [3.63, 3.8) is 0 Å². The number of benzene rings is 1. The van der Waals surface area contributed by atoms with Gasteiger partial charge in [-0.25, -0.2) is 8.42 Å². The summed E-state index contributed by atoms with van der Waals surface area (Å²) < 4.78 is 61.4. The number of aryl methyl sites for hydroxylation is 1. The molecule has 0 atom stereocenters. The Morgan fingerprint density at radius 1 is 1.38 bits per heavy atom. The molecule has 1 aromatic carbocycles. The fourth-order valence-corrected chi connectivity index (χ4v) is 3.48. The van der Waals surface area contributed by atoms with Gasteiger partial charge in [-0.1, -0.05) is 17.7 Å². The highest BCUT2D eigenvalue weighted by atomic mass is 35.5. The van der Waals surface area contributed by atoms with Crippen molar-refractivity contribution >= 4 is 27.6 Å². The van der Waals surface area contributed by atoms with Crippen LogP contribution in [-0.4, -0.2) is 43.1 Å². The zero-order chi connectivity index (χ0) is 16.4. The first kappa shape index (κ1) is 17.7. The normalized spacial score (nSPS) is 12.7. The lowest BCUT2D eigenvalue weighted by atomic mass is 10.2. The summed E-state index contributed by atoms with van der Waals surface area (Å²) in [5, 5.41) is 8.33. The third-order valence-electron chi connectivity index (χ3n) is 2.37. The van der Waals surface area contributed by atoms with Crippen LogP contribution >= 0.6 is 11.6 Å². The molecule has 0 bridgehead atoms. The lowest BCUT2D eigenvalue weighted by Crippen LogP contribution is -2.42. The number of carbonyl (C=O) groups is 1. The average molecular weight is 346 g/mol. The monoisotopic (exact) mass is 345 g/mol. The Labute approximate surface area is 124 Å². The molecule has 0 heterocycles. The molecule has 21 heavy (non-hydrogen) atoms. The molecule has 0 radical (unpaired) electrons. The van der Waals surface area contributed by atoms with Crippen LogP contribution in [0.15, 0.2) is 23.1 Å². The van der Waals surface area contributed by atoms with E-state index in [1.165, 1.54) is 12.1 Å². The molecular weight excluding hydrogens is 335 g/mol. The molecule has 0 aliphatic heterocycles. The van der Waals surface area contributed by atoms with Gasteiger partial charge in [-0.05, 0) is 24.6 Å². The molecule has 0 amide bonds. The van der Waals surface area contributed by atoms with Gasteiger partial charge in [0.05, 0.1) is 5.02 Å². The van der Waals surface area contributed by atoms with Gasteiger partial charge < -0.3 is 5.11 Å². The molecule has 0 saturated carbocycles. The zero-order valence-corrected chi connectivity index (χ0v) is 12.3. The number of aliphatic carboxylic acids is 1. The summed E-state index contributed by atoms with van der Waals surface area (Å²) in [6.45, 7) is -1.61. The molecule has 1 aromatic rings. The number of hydrogen-bond donors (Lipinski definition) is 1. The number of sulfonamides is 1. The number of alkyl halides is 3. The summed E-state index contributed by atoms with van der Waals surface area (Å²) in [6, 6.07) is 3.66. The number of nitrogens with zero attached hydrogens (tertiary/aromatic N) is 1. The van der Waals surface area contributed by atoms with Gasteiger partial charge in [0.25, 0.3) is 0 Å². The average Bonchev–Trinajstić information content (AvgIpc) is 2.24. The van der Waals surface area contributed by atoms with Crippen molar-refractivity contribution in [1.29, 1.82) is 0 Å². The van der Waals surface area contributed by atoms with Crippen LogP contribution in [0.4, 0.5) is 13.2 Å².